The summed E-state index contributed by atoms with van der Waals surface area (Å²) >= 11 is 0. The predicted molar refractivity (Wildman–Crippen MR) is 40.8 cm³/mol. The van der Waals surface area contributed by atoms with Crippen molar-refractivity contribution in [2.45, 2.75) is 25.7 Å². The summed E-state index contributed by atoms with van der Waals surface area (Å²) in [6.45, 7) is 0. The maximum Gasteiger partial charge on any atom is 0.307 e. The number of carboxylic acid groups (broad SMARTS) is 1. The number of allylic oxidation sites excluding steroid dienone is 1. The molecule has 0 radical (unpaired) electrons. The third-order valence-corrected chi connectivity index (χ3v) is 1.85. The van der Waals surface area contributed by atoms with Gasteiger partial charge in [0.2, 0.25) is 0 Å². The molecule has 0 heterocycles. The largest absolute Gasteiger partial charge is 0.504 e. The highest BCUT2D eigenvalue weighted by atomic mass is 16.4. The van der Waals surface area contributed by atoms with Crippen LogP contribution in [0.5, 0.6) is 0 Å². The molecule has 0 saturated heterocycles. The number of aliphatic hydroxyl groups excluding tert-OH is 1. The second-order valence-electron chi connectivity index (χ2n) is 2.80. The molecule has 12 heavy (non-hydrogen) atoms. The Morgan fingerprint density at radius 3 is 2.67 bits per heavy atom. The maximum atomic E-state index is 10.9. The molecule has 1 aliphatic rings. The van der Waals surface area contributed by atoms with Gasteiger partial charge in [0.15, 0.2) is 11.5 Å². The number of carboxylic acids is 1. The molecule has 0 aromatic carbocycles. The molecule has 0 saturated carbocycles. The average Bonchev–Trinajstić information content (AvgIpc) is 1.98. The monoisotopic (exact) mass is 170 g/mol. The van der Waals surface area contributed by atoms with Crippen molar-refractivity contribution < 1.29 is 19.8 Å². The van der Waals surface area contributed by atoms with Gasteiger partial charge in [0.25, 0.3) is 0 Å². The van der Waals surface area contributed by atoms with Crippen molar-refractivity contribution in [2.75, 3.05) is 0 Å². The number of hydrogen-bond donors (Lipinski definition) is 2. The smallest absolute Gasteiger partial charge is 0.307 e. The lowest BCUT2D eigenvalue weighted by Gasteiger charge is -2.12. The molecule has 0 aromatic rings. The highest BCUT2D eigenvalue weighted by Crippen LogP contribution is 2.22. The van der Waals surface area contributed by atoms with Crippen molar-refractivity contribution in [1.82, 2.24) is 0 Å². The number of aliphatic carboxylic acids is 1. The van der Waals surface area contributed by atoms with Crippen molar-refractivity contribution in [3.8, 4) is 0 Å². The van der Waals surface area contributed by atoms with Gasteiger partial charge in [0, 0.05) is 6.42 Å². The summed E-state index contributed by atoms with van der Waals surface area (Å²) in [5, 5.41) is 17.6. The first kappa shape index (κ1) is 8.77. The lowest BCUT2D eigenvalue weighted by Crippen LogP contribution is -2.13. The van der Waals surface area contributed by atoms with Gasteiger partial charge in [0.05, 0.1) is 6.42 Å². The van der Waals surface area contributed by atoms with Gasteiger partial charge in [-0.2, -0.15) is 0 Å². The lowest BCUT2D eigenvalue weighted by molar-refractivity contribution is -0.136. The van der Waals surface area contributed by atoms with E-state index in [1.54, 1.807) is 0 Å². The van der Waals surface area contributed by atoms with E-state index in [0.29, 0.717) is 24.8 Å². The summed E-state index contributed by atoms with van der Waals surface area (Å²) < 4.78 is 0. The lowest BCUT2D eigenvalue weighted by atomic mass is 9.95. The summed E-state index contributed by atoms with van der Waals surface area (Å²) in [6.07, 6.45) is 1.27. The van der Waals surface area contributed by atoms with E-state index in [0.717, 1.165) is 0 Å². The molecule has 0 fully saturated rings. The van der Waals surface area contributed by atoms with E-state index in [1.807, 2.05) is 0 Å². The summed E-state index contributed by atoms with van der Waals surface area (Å²) in [5.41, 5.74) is 0.360. The minimum atomic E-state index is -1.01. The first-order valence-corrected chi connectivity index (χ1v) is 3.77. The van der Waals surface area contributed by atoms with Crippen LogP contribution in [-0.4, -0.2) is 22.0 Å². The molecule has 0 bridgehead atoms. The first-order valence-electron chi connectivity index (χ1n) is 3.77. The zero-order valence-electron chi connectivity index (χ0n) is 6.54. The third-order valence-electron chi connectivity index (χ3n) is 1.85. The Kier molecular flexibility index (Phi) is 2.47. The van der Waals surface area contributed by atoms with Crippen LogP contribution in [0.1, 0.15) is 25.7 Å². The van der Waals surface area contributed by atoms with Crippen LogP contribution in [0.4, 0.5) is 0 Å². The van der Waals surface area contributed by atoms with E-state index < -0.39 is 5.97 Å². The van der Waals surface area contributed by atoms with E-state index in [-0.39, 0.29) is 18.0 Å². The van der Waals surface area contributed by atoms with Gasteiger partial charge in [-0.05, 0) is 18.4 Å². The van der Waals surface area contributed by atoms with Crippen LogP contribution in [0.2, 0.25) is 0 Å². The van der Waals surface area contributed by atoms with E-state index in [9.17, 15) is 9.59 Å². The third kappa shape index (κ3) is 1.84. The molecule has 0 aromatic heterocycles. The van der Waals surface area contributed by atoms with Crippen LogP contribution in [0.25, 0.3) is 0 Å². The number of rotatable bonds is 2. The first-order chi connectivity index (χ1) is 5.61. The van der Waals surface area contributed by atoms with Crippen molar-refractivity contribution in [3.05, 3.63) is 11.3 Å². The summed E-state index contributed by atoms with van der Waals surface area (Å²) in [5.74, 6) is -1.67. The van der Waals surface area contributed by atoms with Crippen LogP contribution in [-0.2, 0) is 9.59 Å². The van der Waals surface area contributed by atoms with Gasteiger partial charge in [0.1, 0.15) is 0 Å². The number of aliphatic hydroxyl groups is 1. The summed E-state index contributed by atoms with van der Waals surface area (Å²) in [4.78, 5) is 21.1. The molecular weight excluding hydrogens is 160 g/mol. The maximum absolute atomic E-state index is 10.9. The van der Waals surface area contributed by atoms with Crippen LogP contribution < -0.4 is 0 Å². The molecule has 0 unspecified atom stereocenters. The Hall–Kier alpha value is -1.32. The van der Waals surface area contributed by atoms with E-state index in [1.165, 1.54) is 0 Å². The van der Waals surface area contributed by atoms with Crippen molar-refractivity contribution >= 4 is 11.8 Å². The minimum absolute atomic E-state index is 0.225. The molecule has 1 aliphatic carbocycles. The second kappa shape index (κ2) is 3.38. The standard InChI is InChI=1S/C8H10O4/c9-6-3-1-2-5(8(6)12)4-7(10)11/h12H,1-4H2,(H,10,11). The predicted octanol–water partition coefficient (Wildman–Crippen LogP) is 1.03. The molecular formula is C8H10O4. The zero-order valence-corrected chi connectivity index (χ0v) is 6.54. The Balaban J connectivity index is 2.78. The molecule has 66 valence electrons. The molecule has 4 heteroatoms. The van der Waals surface area contributed by atoms with Crippen molar-refractivity contribution in [2.24, 2.45) is 0 Å². The van der Waals surface area contributed by atoms with Gasteiger partial charge in [-0.25, -0.2) is 0 Å². The quantitative estimate of drug-likeness (QED) is 0.648. The fraction of sp³-hybridized carbons (Fsp3) is 0.500. The van der Waals surface area contributed by atoms with Crippen LogP contribution in [0.3, 0.4) is 0 Å². The molecule has 0 aliphatic heterocycles. The highest BCUT2D eigenvalue weighted by Gasteiger charge is 2.20. The Morgan fingerprint density at radius 1 is 1.42 bits per heavy atom. The summed E-state index contributed by atoms with van der Waals surface area (Å²) in [6, 6.07) is 0. The summed E-state index contributed by atoms with van der Waals surface area (Å²) in [7, 11) is 0. The number of Topliss-reactive ketones (excluding diaryl/α,β-unsaturated/α-hetero) is 1. The van der Waals surface area contributed by atoms with Gasteiger partial charge in [-0.1, -0.05) is 0 Å². The molecule has 4 nitrogen and oxygen atoms in total. The Morgan fingerprint density at radius 2 is 2.08 bits per heavy atom. The number of carbonyl (C=O) groups excluding carboxylic acids is 1. The SMILES string of the molecule is O=C(O)CC1=C(O)C(=O)CCC1. The zero-order chi connectivity index (χ0) is 9.14. The topological polar surface area (TPSA) is 74.6 Å². The van der Waals surface area contributed by atoms with Gasteiger partial charge < -0.3 is 10.2 Å². The van der Waals surface area contributed by atoms with Crippen LogP contribution in [0.15, 0.2) is 11.3 Å². The molecule has 0 amide bonds. The minimum Gasteiger partial charge on any atom is -0.504 e. The van der Waals surface area contributed by atoms with Gasteiger partial charge in [-0.3, -0.25) is 9.59 Å². The second-order valence-corrected chi connectivity index (χ2v) is 2.80. The average molecular weight is 170 g/mol. The molecule has 0 atom stereocenters. The normalized spacial score (nSPS) is 18.2. The van der Waals surface area contributed by atoms with E-state index in [2.05, 4.69) is 0 Å². The van der Waals surface area contributed by atoms with Gasteiger partial charge >= 0.3 is 5.97 Å². The van der Waals surface area contributed by atoms with Crippen molar-refractivity contribution in [3.63, 3.8) is 0 Å². The van der Waals surface area contributed by atoms with E-state index >= 15 is 0 Å². The van der Waals surface area contributed by atoms with Crippen LogP contribution in [0, 0.1) is 0 Å². The number of carbonyl (C=O) groups is 2. The highest BCUT2D eigenvalue weighted by molar-refractivity contribution is 5.95. The van der Waals surface area contributed by atoms with Crippen molar-refractivity contribution in [1.29, 1.82) is 0 Å². The van der Waals surface area contributed by atoms with Crippen LogP contribution >= 0.6 is 0 Å². The number of hydrogen-bond acceptors (Lipinski definition) is 3. The molecule has 2 N–H and O–H groups in total. The Labute approximate surface area is 69.5 Å². The fourth-order valence-corrected chi connectivity index (χ4v) is 1.25. The Bertz CT molecular complexity index is 252. The number of ketones is 1. The molecule has 1 rings (SSSR count). The van der Waals surface area contributed by atoms with E-state index in [4.69, 9.17) is 10.2 Å². The fourth-order valence-electron chi connectivity index (χ4n) is 1.25. The molecule has 0 spiro atoms. The van der Waals surface area contributed by atoms with Gasteiger partial charge in [-0.15, -0.1) is 0 Å².